The molecule has 0 aliphatic heterocycles. The van der Waals surface area contributed by atoms with Crippen molar-refractivity contribution in [1.29, 1.82) is 0 Å². The van der Waals surface area contributed by atoms with Crippen molar-refractivity contribution in [1.82, 2.24) is 81.8 Å². The molecule has 0 saturated carbocycles. The number of aliphatic carboxylic acids is 3. The highest BCUT2D eigenvalue weighted by molar-refractivity contribution is 5.83. The van der Waals surface area contributed by atoms with Crippen LogP contribution in [0.25, 0.3) is 0 Å². The lowest BCUT2D eigenvalue weighted by Crippen LogP contribution is -2.44. The fourth-order valence-electron chi connectivity index (χ4n) is 6.43. The molecule has 3 aromatic heterocycles. The molecule has 0 bridgehead atoms. The summed E-state index contributed by atoms with van der Waals surface area (Å²) in [7, 11) is 0. The van der Waals surface area contributed by atoms with Gasteiger partial charge in [0, 0.05) is 38.9 Å². The summed E-state index contributed by atoms with van der Waals surface area (Å²) in [6.07, 6.45) is 0.940. The standard InChI is InChI=1S/C45H72N16O15/c1-43(2,3)74-40(71)49-31(37(65)66)10-13-34(62)46-22-28-25-59(55-52-28)19-16-58(17-20-60-26-29(53-56-60)23-47-35(63)14-11-32(38(67)68)50-41(72)75-44(4,5)6)18-21-61-27-30(54-57-61)24-48-36(64)15-12-33(39(69)70)51-42(73)76-45(7,8)9/h25-27,31-33H,10-24H2,1-9H3,(H,46,62)(H,47,63)(H,48,64)(H,49,71)(H,50,72)(H,51,73)(H,65,66)(H,67,68)(H,69,70)/t31-,32-,33-/m0/s1. The van der Waals surface area contributed by atoms with Crippen molar-refractivity contribution < 1.29 is 72.7 Å². The number of hydrogen-bond acceptors (Lipinski definition) is 19. The molecule has 422 valence electrons. The number of carbonyl (C=O) groups is 9. The van der Waals surface area contributed by atoms with Crippen molar-refractivity contribution in [2.45, 2.75) is 175 Å². The summed E-state index contributed by atoms with van der Waals surface area (Å²) in [5, 5.41) is 68.3. The normalized spacial score (nSPS) is 12.9. The fourth-order valence-corrected chi connectivity index (χ4v) is 6.43. The van der Waals surface area contributed by atoms with E-state index in [1.165, 1.54) is 0 Å². The minimum atomic E-state index is -1.35. The number of carboxylic acids is 3. The maximum Gasteiger partial charge on any atom is 0.408 e. The molecular formula is C45H72N16O15. The molecule has 0 aliphatic rings. The number of nitrogens with zero attached hydrogens (tertiary/aromatic N) is 10. The van der Waals surface area contributed by atoms with Gasteiger partial charge >= 0.3 is 36.2 Å². The Morgan fingerprint density at radius 3 is 0.947 bits per heavy atom. The zero-order valence-corrected chi connectivity index (χ0v) is 44.3. The van der Waals surface area contributed by atoms with Gasteiger partial charge in [-0.3, -0.25) is 33.3 Å². The Kier molecular flexibility index (Phi) is 23.9. The van der Waals surface area contributed by atoms with Gasteiger partial charge in [-0.1, -0.05) is 15.6 Å². The fraction of sp³-hybridized carbons (Fsp3) is 0.667. The number of carboxylic acid groups (broad SMARTS) is 3. The SMILES string of the molecule is CC(C)(C)OC(=O)N[C@@H](CCC(=O)NCc1cn(CCN(CCn2cc(CNC(=O)CC[C@H](NC(=O)OC(C)(C)C)C(=O)O)nn2)CCn2cc(CNC(=O)CC[C@H](NC(=O)OC(C)(C)C)C(=O)O)nn2)nn1)C(=O)O. The van der Waals surface area contributed by atoms with Gasteiger partial charge in [0.15, 0.2) is 0 Å². The van der Waals surface area contributed by atoms with Crippen LogP contribution in [-0.2, 0) is 82.2 Å². The first-order valence-electron chi connectivity index (χ1n) is 24.3. The van der Waals surface area contributed by atoms with Crippen LogP contribution in [0.3, 0.4) is 0 Å². The van der Waals surface area contributed by atoms with E-state index in [2.05, 4.69) is 67.7 Å². The average molecular weight is 1080 g/mol. The Labute approximate surface area is 437 Å². The lowest BCUT2D eigenvalue weighted by molar-refractivity contribution is -0.140. The first-order chi connectivity index (χ1) is 35.4. The maximum atomic E-state index is 12.6. The second kappa shape index (κ2) is 29.2. The van der Waals surface area contributed by atoms with Crippen LogP contribution >= 0.6 is 0 Å². The number of hydrogen-bond donors (Lipinski definition) is 9. The summed E-state index contributed by atoms with van der Waals surface area (Å²) in [6.45, 7) is 16.9. The minimum absolute atomic E-state index is 0.00766. The Morgan fingerprint density at radius 1 is 0.474 bits per heavy atom. The summed E-state index contributed by atoms with van der Waals surface area (Å²) in [4.78, 5) is 111. The smallest absolute Gasteiger partial charge is 0.408 e. The quantitative estimate of drug-likeness (QED) is 0.0405. The van der Waals surface area contributed by atoms with E-state index in [1.54, 1.807) is 94.9 Å². The molecule has 0 aromatic carbocycles. The van der Waals surface area contributed by atoms with Gasteiger partial charge in [0.05, 0.1) is 57.9 Å². The topological polar surface area (TPSA) is 410 Å². The van der Waals surface area contributed by atoms with E-state index in [0.717, 1.165) is 0 Å². The number of nitrogens with one attached hydrogen (secondary N) is 6. The van der Waals surface area contributed by atoms with Gasteiger partial charge < -0.3 is 61.4 Å². The molecule has 6 amide bonds. The number of ether oxygens (including phenoxy) is 3. The van der Waals surface area contributed by atoms with Gasteiger partial charge in [-0.2, -0.15) is 0 Å². The molecule has 0 saturated heterocycles. The van der Waals surface area contributed by atoms with Gasteiger partial charge in [-0.05, 0) is 81.6 Å². The minimum Gasteiger partial charge on any atom is -0.480 e. The average Bonchev–Trinajstić information content (AvgIpc) is 4.08. The second-order valence-corrected chi connectivity index (χ2v) is 20.3. The number of rotatable bonds is 30. The van der Waals surface area contributed by atoms with E-state index in [1.807, 2.05) is 0 Å². The highest BCUT2D eigenvalue weighted by Crippen LogP contribution is 2.11. The number of carbonyl (C=O) groups excluding carboxylic acids is 6. The van der Waals surface area contributed by atoms with Gasteiger partial charge in [0.2, 0.25) is 17.7 Å². The first kappa shape index (κ1) is 62.3. The van der Waals surface area contributed by atoms with E-state index in [0.29, 0.717) is 56.4 Å². The summed E-state index contributed by atoms with van der Waals surface area (Å²) in [5.41, 5.74) is -1.28. The van der Waals surface area contributed by atoms with Crippen LogP contribution in [0.2, 0.25) is 0 Å². The molecule has 76 heavy (non-hydrogen) atoms. The Hall–Kier alpha value is -7.99. The number of amides is 6. The van der Waals surface area contributed by atoms with Gasteiger partial charge in [-0.25, -0.2) is 28.8 Å². The van der Waals surface area contributed by atoms with Crippen molar-refractivity contribution in [2.24, 2.45) is 0 Å². The monoisotopic (exact) mass is 1080 g/mol. The summed E-state index contributed by atoms with van der Waals surface area (Å²) >= 11 is 0. The van der Waals surface area contributed by atoms with Crippen LogP contribution in [0.5, 0.6) is 0 Å². The number of aromatic nitrogens is 9. The molecule has 0 spiro atoms. The van der Waals surface area contributed by atoms with Crippen LogP contribution in [0.15, 0.2) is 18.6 Å². The molecule has 0 aliphatic carbocycles. The van der Waals surface area contributed by atoms with Gasteiger partial charge in [0.1, 0.15) is 52.0 Å². The van der Waals surface area contributed by atoms with Crippen LogP contribution in [0.1, 0.15) is 118 Å². The summed E-state index contributed by atoms with van der Waals surface area (Å²) < 4.78 is 20.1. The Morgan fingerprint density at radius 2 is 0.724 bits per heavy atom. The zero-order valence-electron chi connectivity index (χ0n) is 44.3. The predicted octanol–water partition coefficient (Wildman–Crippen LogP) is 0.286. The highest BCUT2D eigenvalue weighted by atomic mass is 16.6. The van der Waals surface area contributed by atoms with Crippen molar-refractivity contribution in [2.75, 3.05) is 19.6 Å². The van der Waals surface area contributed by atoms with Crippen molar-refractivity contribution in [3.8, 4) is 0 Å². The third-order valence-corrected chi connectivity index (χ3v) is 10.0. The molecule has 9 N–H and O–H groups in total. The predicted molar refractivity (Wildman–Crippen MR) is 262 cm³/mol. The molecule has 31 nitrogen and oxygen atoms in total. The maximum absolute atomic E-state index is 12.6. The van der Waals surface area contributed by atoms with Gasteiger partial charge in [0.25, 0.3) is 0 Å². The molecule has 3 rings (SSSR count). The van der Waals surface area contributed by atoms with E-state index in [4.69, 9.17) is 14.2 Å². The lowest BCUT2D eigenvalue weighted by atomic mass is 10.1. The number of alkyl carbamates (subject to hydrolysis) is 3. The third-order valence-electron chi connectivity index (χ3n) is 10.0. The largest absolute Gasteiger partial charge is 0.480 e. The molecule has 0 fully saturated rings. The molecule has 3 heterocycles. The highest BCUT2D eigenvalue weighted by Gasteiger charge is 2.28. The second-order valence-electron chi connectivity index (χ2n) is 20.3. The Balaban J connectivity index is 1.59. The van der Waals surface area contributed by atoms with Crippen molar-refractivity contribution in [3.05, 3.63) is 35.7 Å². The third kappa shape index (κ3) is 26.3. The van der Waals surface area contributed by atoms with E-state index >= 15 is 0 Å². The van der Waals surface area contributed by atoms with E-state index < -0.39 is 88.8 Å². The molecule has 31 heteroatoms. The molecule has 3 atom stereocenters. The molecule has 0 radical (unpaired) electrons. The lowest BCUT2D eigenvalue weighted by Gasteiger charge is -2.22. The van der Waals surface area contributed by atoms with E-state index in [-0.39, 0.29) is 58.2 Å². The molecule has 3 aromatic rings. The van der Waals surface area contributed by atoms with E-state index in [9.17, 15) is 58.5 Å². The zero-order chi connectivity index (χ0) is 56.8. The van der Waals surface area contributed by atoms with Crippen LogP contribution in [0.4, 0.5) is 14.4 Å². The molecule has 0 unspecified atom stereocenters. The van der Waals surface area contributed by atoms with Crippen LogP contribution in [0, 0.1) is 0 Å². The van der Waals surface area contributed by atoms with Crippen LogP contribution in [-0.4, -0.2) is 174 Å². The Bertz CT molecular complexity index is 2170. The molecular weight excluding hydrogens is 1000 g/mol. The first-order valence-corrected chi connectivity index (χ1v) is 24.3. The summed E-state index contributed by atoms with van der Waals surface area (Å²) in [5.74, 6) is -5.41. The van der Waals surface area contributed by atoms with Crippen molar-refractivity contribution >= 4 is 53.9 Å². The van der Waals surface area contributed by atoms with Crippen LogP contribution < -0.4 is 31.9 Å². The van der Waals surface area contributed by atoms with Gasteiger partial charge in [-0.15, -0.1) is 15.3 Å². The summed E-state index contributed by atoms with van der Waals surface area (Å²) in [6, 6.07) is -4.06. The van der Waals surface area contributed by atoms with Crippen molar-refractivity contribution in [3.63, 3.8) is 0 Å².